The molecule has 1 nitrogen and oxygen atoms in total. The molecule has 14 heavy (non-hydrogen) atoms. The second-order valence-corrected chi connectivity index (χ2v) is 3.80. The molecule has 0 N–H and O–H groups in total. The van der Waals surface area contributed by atoms with Crippen molar-refractivity contribution in [1.82, 2.24) is 0 Å². The lowest BCUT2D eigenvalue weighted by atomic mass is 9.99. The molecular weight excluding hydrogens is 188 g/mol. The predicted molar refractivity (Wildman–Crippen MR) is 60.3 cm³/mol. The van der Waals surface area contributed by atoms with Gasteiger partial charge in [-0.05, 0) is 30.9 Å². The molecule has 0 aliphatic rings. The molecule has 0 spiro atoms. The SMILES string of the molecule is CCCCc1ccccc1C(C)O[Si]. The smallest absolute Gasteiger partial charge is 0.247 e. The number of unbranched alkanes of at least 4 members (excludes halogenated alkanes) is 1. The Morgan fingerprint density at radius 2 is 2.07 bits per heavy atom. The zero-order valence-electron chi connectivity index (χ0n) is 8.92. The summed E-state index contributed by atoms with van der Waals surface area (Å²) < 4.78 is 5.16. The third-order valence-electron chi connectivity index (χ3n) is 2.47. The Morgan fingerprint density at radius 1 is 1.36 bits per heavy atom. The topological polar surface area (TPSA) is 9.23 Å². The van der Waals surface area contributed by atoms with Crippen molar-refractivity contribution in [3.63, 3.8) is 0 Å². The van der Waals surface area contributed by atoms with E-state index in [0.717, 1.165) is 6.42 Å². The molecule has 0 aliphatic carbocycles. The second-order valence-electron chi connectivity index (χ2n) is 3.56. The lowest BCUT2D eigenvalue weighted by Crippen LogP contribution is -2.01. The molecule has 0 bridgehead atoms. The van der Waals surface area contributed by atoms with Gasteiger partial charge in [0.2, 0.25) is 10.5 Å². The molecule has 1 aromatic rings. The standard InChI is InChI=1S/C12H17OSi/c1-3-4-7-11-8-5-6-9-12(11)10(2)13-14/h5-6,8-10H,3-4,7H2,1-2H3. The minimum Gasteiger partial charge on any atom is -0.412 e. The first-order chi connectivity index (χ1) is 6.79. The van der Waals surface area contributed by atoms with Crippen LogP contribution in [-0.2, 0) is 10.8 Å². The first kappa shape index (κ1) is 11.5. The van der Waals surface area contributed by atoms with Crippen LogP contribution in [-0.4, -0.2) is 10.5 Å². The Morgan fingerprint density at radius 3 is 2.71 bits per heavy atom. The van der Waals surface area contributed by atoms with E-state index < -0.39 is 0 Å². The van der Waals surface area contributed by atoms with Crippen LogP contribution in [0.2, 0.25) is 0 Å². The molecule has 0 aromatic heterocycles. The normalized spacial score (nSPS) is 12.8. The molecule has 3 radical (unpaired) electrons. The van der Waals surface area contributed by atoms with Gasteiger partial charge in [0.1, 0.15) is 0 Å². The number of rotatable bonds is 5. The highest BCUT2D eigenvalue weighted by Crippen LogP contribution is 2.21. The largest absolute Gasteiger partial charge is 0.412 e. The molecule has 1 aromatic carbocycles. The molecule has 1 atom stereocenters. The summed E-state index contributed by atoms with van der Waals surface area (Å²) in [6, 6.07) is 8.48. The average Bonchev–Trinajstić information content (AvgIpc) is 2.25. The second kappa shape index (κ2) is 5.99. The highest BCUT2D eigenvalue weighted by molar-refractivity contribution is 5.98. The number of hydrogen-bond donors (Lipinski definition) is 0. The zero-order valence-corrected chi connectivity index (χ0v) is 9.92. The van der Waals surface area contributed by atoms with Crippen molar-refractivity contribution in [3.05, 3.63) is 35.4 Å². The minimum absolute atomic E-state index is 0.125. The van der Waals surface area contributed by atoms with E-state index in [-0.39, 0.29) is 6.10 Å². The Hall–Kier alpha value is -0.603. The Bertz CT molecular complexity index is 273. The molecule has 1 unspecified atom stereocenters. The number of benzene rings is 1. The summed E-state index contributed by atoms with van der Waals surface area (Å²) >= 11 is 0. The zero-order chi connectivity index (χ0) is 10.4. The maximum Gasteiger partial charge on any atom is 0.247 e. The summed E-state index contributed by atoms with van der Waals surface area (Å²) in [6.07, 6.45) is 3.75. The maximum absolute atomic E-state index is 5.16. The summed E-state index contributed by atoms with van der Waals surface area (Å²) in [6.45, 7) is 4.27. The van der Waals surface area contributed by atoms with E-state index in [2.05, 4.69) is 48.6 Å². The molecule has 0 fully saturated rings. The summed E-state index contributed by atoms with van der Waals surface area (Å²) in [5.41, 5.74) is 2.69. The van der Waals surface area contributed by atoms with E-state index in [4.69, 9.17) is 4.43 Å². The first-order valence-electron chi connectivity index (χ1n) is 5.19. The van der Waals surface area contributed by atoms with Crippen LogP contribution in [0, 0.1) is 0 Å². The van der Waals surface area contributed by atoms with Gasteiger partial charge in [0, 0.05) is 0 Å². The summed E-state index contributed by atoms with van der Waals surface area (Å²) in [7, 11) is 3.10. The summed E-state index contributed by atoms with van der Waals surface area (Å²) in [5, 5.41) is 0. The van der Waals surface area contributed by atoms with Crippen molar-refractivity contribution in [1.29, 1.82) is 0 Å². The quantitative estimate of drug-likeness (QED) is 0.671. The lowest BCUT2D eigenvalue weighted by molar-refractivity contribution is 0.249. The molecule has 0 saturated heterocycles. The van der Waals surface area contributed by atoms with Crippen LogP contribution in [0.5, 0.6) is 0 Å². The van der Waals surface area contributed by atoms with Crippen LogP contribution >= 0.6 is 0 Å². The van der Waals surface area contributed by atoms with Gasteiger partial charge < -0.3 is 4.43 Å². The van der Waals surface area contributed by atoms with Crippen LogP contribution in [0.15, 0.2) is 24.3 Å². The highest BCUT2D eigenvalue weighted by atomic mass is 28.2. The van der Waals surface area contributed by atoms with Gasteiger partial charge in [-0.25, -0.2) is 0 Å². The van der Waals surface area contributed by atoms with Crippen LogP contribution < -0.4 is 0 Å². The van der Waals surface area contributed by atoms with Gasteiger partial charge in [0.15, 0.2) is 0 Å². The van der Waals surface area contributed by atoms with Crippen LogP contribution in [0.25, 0.3) is 0 Å². The lowest BCUT2D eigenvalue weighted by Gasteiger charge is -2.14. The van der Waals surface area contributed by atoms with E-state index in [1.165, 1.54) is 24.0 Å². The number of aryl methyl sites for hydroxylation is 1. The van der Waals surface area contributed by atoms with E-state index in [0.29, 0.717) is 0 Å². The van der Waals surface area contributed by atoms with Crippen LogP contribution in [0.4, 0.5) is 0 Å². The fourth-order valence-corrected chi connectivity index (χ4v) is 1.72. The minimum atomic E-state index is 0.125. The van der Waals surface area contributed by atoms with Crippen molar-refractivity contribution in [2.24, 2.45) is 0 Å². The monoisotopic (exact) mass is 205 g/mol. The van der Waals surface area contributed by atoms with Crippen molar-refractivity contribution < 1.29 is 4.43 Å². The molecule has 2 heteroatoms. The van der Waals surface area contributed by atoms with Gasteiger partial charge in [0.05, 0.1) is 6.10 Å². The molecule has 0 heterocycles. The van der Waals surface area contributed by atoms with Gasteiger partial charge in [-0.2, -0.15) is 0 Å². The van der Waals surface area contributed by atoms with E-state index in [1.807, 2.05) is 0 Å². The van der Waals surface area contributed by atoms with Gasteiger partial charge in [0.25, 0.3) is 0 Å². The van der Waals surface area contributed by atoms with Gasteiger partial charge in [-0.1, -0.05) is 37.6 Å². The Kier molecular flexibility index (Phi) is 4.91. The predicted octanol–water partition coefficient (Wildman–Crippen LogP) is 3.19. The van der Waals surface area contributed by atoms with Gasteiger partial charge in [-0.15, -0.1) is 0 Å². The van der Waals surface area contributed by atoms with Crippen molar-refractivity contribution in [2.75, 3.05) is 0 Å². The fourth-order valence-electron chi connectivity index (χ4n) is 1.59. The maximum atomic E-state index is 5.16. The van der Waals surface area contributed by atoms with Crippen molar-refractivity contribution in [3.8, 4) is 0 Å². The highest BCUT2D eigenvalue weighted by Gasteiger charge is 2.07. The van der Waals surface area contributed by atoms with Crippen molar-refractivity contribution in [2.45, 2.75) is 39.2 Å². The average molecular weight is 205 g/mol. The van der Waals surface area contributed by atoms with Crippen molar-refractivity contribution >= 4 is 10.5 Å². The van der Waals surface area contributed by atoms with E-state index >= 15 is 0 Å². The van der Waals surface area contributed by atoms with Gasteiger partial charge in [-0.3, -0.25) is 0 Å². The third-order valence-corrected chi connectivity index (χ3v) is 2.82. The fraction of sp³-hybridized carbons (Fsp3) is 0.500. The number of hydrogen-bond acceptors (Lipinski definition) is 1. The molecule has 0 amide bonds. The first-order valence-corrected chi connectivity index (χ1v) is 5.60. The Balaban J connectivity index is 2.79. The van der Waals surface area contributed by atoms with E-state index in [9.17, 15) is 0 Å². The van der Waals surface area contributed by atoms with E-state index in [1.54, 1.807) is 0 Å². The Labute approximate surface area is 90.0 Å². The van der Waals surface area contributed by atoms with Crippen LogP contribution in [0.1, 0.15) is 43.9 Å². The van der Waals surface area contributed by atoms with Crippen LogP contribution in [0.3, 0.4) is 0 Å². The van der Waals surface area contributed by atoms with Gasteiger partial charge >= 0.3 is 0 Å². The molecule has 0 aliphatic heterocycles. The summed E-state index contributed by atoms with van der Waals surface area (Å²) in [4.78, 5) is 0. The molecule has 0 saturated carbocycles. The summed E-state index contributed by atoms with van der Waals surface area (Å²) in [5.74, 6) is 0. The molecule has 75 valence electrons. The molecular formula is C12H17OSi. The third kappa shape index (κ3) is 2.96. The molecule has 1 rings (SSSR count).